The summed E-state index contributed by atoms with van der Waals surface area (Å²) in [6, 6.07) is 1.49. The summed E-state index contributed by atoms with van der Waals surface area (Å²) in [4.78, 5) is 10.6. The Morgan fingerprint density at radius 3 is 2.80 bits per heavy atom. The number of nitrogens with one attached hydrogen (secondary N) is 1. The first kappa shape index (κ1) is 10.2. The molecule has 5 heteroatoms. The largest absolute Gasteiger partial charge is 0.478 e. The molecule has 0 radical (unpaired) electrons. The summed E-state index contributed by atoms with van der Waals surface area (Å²) in [6.45, 7) is 0.563. The zero-order valence-corrected chi connectivity index (χ0v) is 8.19. The van der Waals surface area contributed by atoms with Crippen molar-refractivity contribution in [2.24, 2.45) is 0 Å². The maximum atomic E-state index is 10.6. The lowest BCUT2D eigenvalue weighted by atomic mass is 10.2. The van der Waals surface area contributed by atoms with Gasteiger partial charge in [-0.15, -0.1) is 0 Å². The third-order valence-corrected chi connectivity index (χ3v) is 2.69. The van der Waals surface area contributed by atoms with E-state index in [4.69, 9.17) is 14.6 Å². The van der Waals surface area contributed by atoms with Crippen molar-refractivity contribution in [1.82, 2.24) is 5.32 Å². The van der Waals surface area contributed by atoms with Crippen molar-refractivity contribution >= 4 is 5.97 Å². The Bertz CT molecular complexity index is 367. The van der Waals surface area contributed by atoms with Crippen LogP contribution in [0.3, 0.4) is 0 Å². The molecule has 1 aliphatic rings. The molecule has 0 aromatic carbocycles. The fourth-order valence-corrected chi connectivity index (χ4v) is 1.40. The van der Waals surface area contributed by atoms with E-state index in [9.17, 15) is 4.79 Å². The number of carboxylic acids is 1. The summed E-state index contributed by atoms with van der Waals surface area (Å²) >= 11 is 0. The molecule has 1 aromatic rings. The van der Waals surface area contributed by atoms with Crippen LogP contribution in [0.1, 0.15) is 29.0 Å². The number of rotatable bonds is 5. The Labute approximate surface area is 86.7 Å². The Hall–Kier alpha value is -1.33. The molecule has 0 aliphatic heterocycles. The van der Waals surface area contributed by atoms with Crippen LogP contribution in [-0.4, -0.2) is 28.3 Å². The molecule has 1 saturated carbocycles. The van der Waals surface area contributed by atoms with Crippen LogP contribution in [0.5, 0.6) is 0 Å². The average Bonchev–Trinajstić information content (AvgIpc) is 2.85. The highest BCUT2D eigenvalue weighted by Crippen LogP contribution is 2.34. The highest BCUT2D eigenvalue weighted by molar-refractivity contribution is 5.87. The van der Waals surface area contributed by atoms with Crippen molar-refractivity contribution in [1.29, 1.82) is 0 Å². The lowest BCUT2D eigenvalue weighted by molar-refractivity contribution is 0.0696. The van der Waals surface area contributed by atoms with Gasteiger partial charge in [0.05, 0.1) is 18.7 Å². The minimum absolute atomic E-state index is 0.111. The van der Waals surface area contributed by atoms with Gasteiger partial charge in [-0.2, -0.15) is 0 Å². The standard InChI is InChI=1S/C10H13NO4/c12-6-10(1-2-10)11-4-8-3-7(5-15-8)9(13)14/h3,5,11-12H,1-2,4,6H2,(H,13,14). The first-order valence-corrected chi connectivity index (χ1v) is 4.82. The number of furan rings is 1. The number of aliphatic hydroxyl groups is 1. The quantitative estimate of drug-likeness (QED) is 0.664. The normalized spacial score (nSPS) is 17.7. The fraction of sp³-hybridized carbons (Fsp3) is 0.500. The number of hydrogen-bond donors (Lipinski definition) is 3. The molecule has 2 rings (SSSR count). The first-order chi connectivity index (χ1) is 7.15. The van der Waals surface area contributed by atoms with Gasteiger partial charge < -0.3 is 19.9 Å². The van der Waals surface area contributed by atoms with Gasteiger partial charge in [-0.1, -0.05) is 0 Å². The minimum Gasteiger partial charge on any atom is -0.478 e. The van der Waals surface area contributed by atoms with Crippen LogP contribution in [0.25, 0.3) is 0 Å². The number of aromatic carboxylic acids is 1. The molecule has 0 bridgehead atoms. The predicted molar refractivity (Wildman–Crippen MR) is 51.6 cm³/mol. The zero-order valence-electron chi connectivity index (χ0n) is 8.19. The van der Waals surface area contributed by atoms with E-state index in [2.05, 4.69) is 5.32 Å². The lowest BCUT2D eigenvalue weighted by Gasteiger charge is -2.12. The molecule has 0 spiro atoms. The second-order valence-corrected chi connectivity index (χ2v) is 3.90. The molecule has 0 unspecified atom stereocenters. The molecule has 0 saturated heterocycles. The first-order valence-electron chi connectivity index (χ1n) is 4.82. The SMILES string of the molecule is O=C(O)c1coc(CNC2(CO)CC2)c1. The molecule has 3 N–H and O–H groups in total. The van der Waals surface area contributed by atoms with Gasteiger partial charge >= 0.3 is 5.97 Å². The molecule has 1 heterocycles. The van der Waals surface area contributed by atoms with Crippen molar-refractivity contribution in [2.45, 2.75) is 24.9 Å². The number of hydrogen-bond acceptors (Lipinski definition) is 4. The molecule has 5 nitrogen and oxygen atoms in total. The van der Waals surface area contributed by atoms with Gasteiger partial charge in [-0.25, -0.2) is 4.79 Å². The number of aliphatic hydroxyl groups excluding tert-OH is 1. The molecule has 1 fully saturated rings. The van der Waals surface area contributed by atoms with Crippen molar-refractivity contribution < 1.29 is 19.4 Å². The number of carbonyl (C=O) groups is 1. The Kier molecular flexibility index (Phi) is 2.50. The molecule has 15 heavy (non-hydrogen) atoms. The average molecular weight is 211 g/mol. The molecular weight excluding hydrogens is 198 g/mol. The molecule has 82 valence electrons. The van der Waals surface area contributed by atoms with Crippen LogP contribution in [-0.2, 0) is 6.54 Å². The van der Waals surface area contributed by atoms with Gasteiger partial charge in [-0.05, 0) is 18.9 Å². The summed E-state index contributed by atoms with van der Waals surface area (Å²) in [5.41, 5.74) is -0.00320. The Morgan fingerprint density at radius 2 is 2.33 bits per heavy atom. The summed E-state index contributed by atoms with van der Waals surface area (Å²) < 4.78 is 5.07. The maximum absolute atomic E-state index is 10.6. The topological polar surface area (TPSA) is 82.7 Å². The van der Waals surface area contributed by atoms with Crippen LogP contribution in [0.15, 0.2) is 16.7 Å². The second kappa shape index (κ2) is 3.67. The highest BCUT2D eigenvalue weighted by Gasteiger charge is 2.41. The molecule has 1 aromatic heterocycles. The molecule has 1 aliphatic carbocycles. The van der Waals surface area contributed by atoms with E-state index in [-0.39, 0.29) is 17.7 Å². The van der Waals surface area contributed by atoms with E-state index in [0.29, 0.717) is 12.3 Å². The van der Waals surface area contributed by atoms with Crippen LogP contribution >= 0.6 is 0 Å². The smallest absolute Gasteiger partial charge is 0.338 e. The third-order valence-electron chi connectivity index (χ3n) is 2.69. The van der Waals surface area contributed by atoms with Crippen LogP contribution in [0.4, 0.5) is 0 Å². The predicted octanol–water partition coefficient (Wildman–Crippen LogP) is 0.592. The lowest BCUT2D eigenvalue weighted by Crippen LogP contribution is -2.33. The monoisotopic (exact) mass is 211 g/mol. The third kappa shape index (κ3) is 2.19. The molecule has 0 atom stereocenters. The van der Waals surface area contributed by atoms with E-state index >= 15 is 0 Å². The van der Waals surface area contributed by atoms with Crippen molar-refractivity contribution in [3.05, 3.63) is 23.7 Å². The van der Waals surface area contributed by atoms with Crippen molar-refractivity contribution in [2.75, 3.05) is 6.61 Å². The van der Waals surface area contributed by atoms with E-state index in [1.807, 2.05) is 0 Å². The zero-order chi connectivity index (χ0) is 10.9. The van der Waals surface area contributed by atoms with Gasteiger partial charge in [0, 0.05) is 5.54 Å². The van der Waals surface area contributed by atoms with Gasteiger partial charge in [-0.3, -0.25) is 0 Å². The summed E-state index contributed by atoms with van der Waals surface area (Å²) in [5.74, 6) is -0.416. The van der Waals surface area contributed by atoms with Gasteiger partial charge in [0.25, 0.3) is 0 Å². The minimum atomic E-state index is -0.992. The van der Waals surface area contributed by atoms with E-state index in [0.717, 1.165) is 12.8 Å². The summed E-state index contributed by atoms with van der Waals surface area (Å²) in [7, 11) is 0. The second-order valence-electron chi connectivity index (χ2n) is 3.90. The maximum Gasteiger partial charge on any atom is 0.338 e. The van der Waals surface area contributed by atoms with Crippen molar-refractivity contribution in [3.8, 4) is 0 Å². The Balaban J connectivity index is 1.91. The summed E-state index contributed by atoms with van der Waals surface area (Å²) in [5, 5.41) is 20.9. The van der Waals surface area contributed by atoms with Gasteiger partial charge in [0.2, 0.25) is 0 Å². The summed E-state index contributed by atoms with van der Waals surface area (Å²) in [6.07, 6.45) is 3.13. The van der Waals surface area contributed by atoms with Crippen LogP contribution in [0, 0.1) is 0 Å². The van der Waals surface area contributed by atoms with Gasteiger partial charge in [0.1, 0.15) is 12.0 Å². The van der Waals surface area contributed by atoms with Crippen LogP contribution < -0.4 is 5.32 Å². The fourth-order valence-electron chi connectivity index (χ4n) is 1.40. The highest BCUT2D eigenvalue weighted by atomic mass is 16.4. The van der Waals surface area contributed by atoms with E-state index in [1.165, 1.54) is 12.3 Å². The molecule has 0 amide bonds. The van der Waals surface area contributed by atoms with Crippen LogP contribution in [0.2, 0.25) is 0 Å². The van der Waals surface area contributed by atoms with E-state index in [1.54, 1.807) is 0 Å². The Morgan fingerprint density at radius 1 is 1.60 bits per heavy atom. The van der Waals surface area contributed by atoms with E-state index < -0.39 is 5.97 Å². The van der Waals surface area contributed by atoms with Gasteiger partial charge in [0.15, 0.2) is 0 Å². The van der Waals surface area contributed by atoms with Crippen molar-refractivity contribution in [3.63, 3.8) is 0 Å². The number of carboxylic acid groups (broad SMARTS) is 1. The molecular formula is C10H13NO4.